The predicted molar refractivity (Wildman–Crippen MR) is 154 cm³/mol. The average Bonchev–Trinajstić information content (AvgIpc) is 3.52. The van der Waals surface area contributed by atoms with E-state index in [2.05, 4.69) is 21.2 Å². The highest BCUT2D eigenvalue weighted by Gasteiger charge is 2.27. The molecular formula is C31H36N4O4. The van der Waals surface area contributed by atoms with Crippen LogP contribution in [0.25, 0.3) is 0 Å². The molecule has 3 aromatic rings. The van der Waals surface area contributed by atoms with Crippen molar-refractivity contribution >= 4 is 28.9 Å². The topological polar surface area (TPSA) is 74.4 Å². The number of hydrogen-bond acceptors (Lipinski definition) is 6. The number of anilines is 3. The van der Waals surface area contributed by atoms with Crippen molar-refractivity contribution < 1.29 is 19.1 Å². The summed E-state index contributed by atoms with van der Waals surface area (Å²) >= 11 is 0. The van der Waals surface area contributed by atoms with Gasteiger partial charge in [0, 0.05) is 50.6 Å². The van der Waals surface area contributed by atoms with Crippen LogP contribution in [0.1, 0.15) is 28.8 Å². The van der Waals surface area contributed by atoms with E-state index < -0.39 is 0 Å². The number of rotatable bonds is 8. The molecule has 2 amide bonds. The largest absolute Gasteiger partial charge is 0.497 e. The molecule has 2 heterocycles. The Morgan fingerprint density at radius 3 is 2.10 bits per heavy atom. The van der Waals surface area contributed by atoms with Gasteiger partial charge >= 0.3 is 0 Å². The first kappa shape index (κ1) is 26.4. The number of ether oxygens (including phenoxy) is 2. The van der Waals surface area contributed by atoms with Gasteiger partial charge in [0.25, 0.3) is 5.91 Å². The van der Waals surface area contributed by atoms with Crippen molar-refractivity contribution in [2.75, 3.05) is 68.6 Å². The van der Waals surface area contributed by atoms with Crippen LogP contribution in [0.5, 0.6) is 11.5 Å². The Balaban J connectivity index is 1.32. The van der Waals surface area contributed by atoms with E-state index in [1.54, 1.807) is 14.2 Å². The van der Waals surface area contributed by atoms with Crippen molar-refractivity contribution in [3.63, 3.8) is 0 Å². The maximum Gasteiger partial charge on any atom is 0.256 e. The third kappa shape index (κ3) is 6.11. The maximum absolute atomic E-state index is 13.6. The molecule has 2 aliphatic rings. The molecule has 0 aliphatic carbocycles. The van der Waals surface area contributed by atoms with Crippen molar-refractivity contribution in [3.8, 4) is 11.5 Å². The molecule has 2 saturated heterocycles. The fourth-order valence-corrected chi connectivity index (χ4v) is 5.36. The van der Waals surface area contributed by atoms with Crippen LogP contribution in [-0.2, 0) is 11.2 Å². The van der Waals surface area contributed by atoms with Gasteiger partial charge in [-0.2, -0.15) is 0 Å². The lowest BCUT2D eigenvalue weighted by Crippen LogP contribution is -2.47. The SMILES string of the molecule is COc1ccc(CC(=O)Nc2ccc(N3CCN(c4ccccc4OC)CC3)c(C(=O)N3CCCC3)c2)cc1. The summed E-state index contributed by atoms with van der Waals surface area (Å²) in [6.45, 7) is 4.74. The lowest BCUT2D eigenvalue weighted by Gasteiger charge is -2.38. The first-order valence-corrected chi connectivity index (χ1v) is 13.5. The summed E-state index contributed by atoms with van der Waals surface area (Å²) in [6, 6.07) is 21.2. The quantitative estimate of drug-likeness (QED) is 0.466. The molecular weight excluding hydrogens is 492 g/mol. The summed E-state index contributed by atoms with van der Waals surface area (Å²) < 4.78 is 10.8. The minimum Gasteiger partial charge on any atom is -0.497 e. The highest BCUT2D eigenvalue weighted by Crippen LogP contribution is 2.32. The number of nitrogens with zero attached hydrogens (tertiary/aromatic N) is 3. The normalized spacial score (nSPS) is 15.3. The van der Waals surface area contributed by atoms with E-state index in [1.807, 2.05) is 65.6 Å². The molecule has 8 nitrogen and oxygen atoms in total. The van der Waals surface area contributed by atoms with Crippen LogP contribution >= 0.6 is 0 Å². The minimum atomic E-state index is -0.127. The summed E-state index contributed by atoms with van der Waals surface area (Å²) in [7, 11) is 3.31. The Morgan fingerprint density at radius 2 is 1.44 bits per heavy atom. The molecule has 3 aromatic carbocycles. The number of amides is 2. The van der Waals surface area contributed by atoms with Crippen molar-refractivity contribution in [3.05, 3.63) is 77.9 Å². The van der Waals surface area contributed by atoms with Crippen LogP contribution in [0.3, 0.4) is 0 Å². The second-order valence-corrected chi connectivity index (χ2v) is 9.95. The van der Waals surface area contributed by atoms with Crippen molar-refractivity contribution in [1.82, 2.24) is 4.90 Å². The van der Waals surface area contributed by atoms with E-state index in [9.17, 15) is 9.59 Å². The zero-order chi connectivity index (χ0) is 27.2. The van der Waals surface area contributed by atoms with Gasteiger partial charge in [-0.1, -0.05) is 24.3 Å². The molecule has 0 bridgehead atoms. The summed E-state index contributed by atoms with van der Waals surface area (Å²) in [4.78, 5) is 33.0. The van der Waals surface area contributed by atoms with Crippen LogP contribution in [0, 0.1) is 0 Å². The van der Waals surface area contributed by atoms with Gasteiger partial charge in [-0.3, -0.25) is 9.59 Å². The molecule has 0 radical (unpaired) electrons. The van der Waals surface area contributed by atoms with Gasteiger partial charge in [0.15, 0.2) is 0 Å². The summed E-state index contributed by atoms with van der Waals surface area (Å²) in [6.07, 6.45) is 2.29. The maximum atomic E-state index is 13.6. The number of carbonyl (C=O) groups is 2. The highest BCUT2D eigenvalue weighted by atomic mass is 16.5. The zero-order valence-corrected chi connectivity index (χ0v) is 22.7. The van der Waals surface area contributed by atoms with Crippen LogP contribution in [0.15, 0.2) is 66.7 Å². The van der Waals surface area contributed by atoms with Crippen molar-refractivity contribution in [1.29, 1.82) is 0 Å². The summed E-state index contributed by atoms with van der Waals surface area (Å²) in [5.74, 6) is 1.52. The number of likely N-dealkylation sites (tertiary alicyclic amines) is 1. The molecule has 0 saturated carbocycles. The molecule has 0 atom stereocenters. The van der Waals surface area contributed by atoms with E-state index in [-0.39, 0.29) is 18.2 Å². The van der Waals surface area contributed by atoms with Gasteiger partial charge < -0.3 is 29.5 Å². The van der Waals surface area contributed by atoms with Crippen LogP contribution in [0.4, 0.5) is 17.1 Å². The first-order chi connectivity index (χ1) is 19.1. The zero-order valence-electron chi connectivity index (χ0n) is 22.7. The van der Waals surface area contributed by atoms with Gasteiger partial charge in [-0.25, -0.2) is 0 Å². The van der Waals surface area contributed by atoms with Crippen LogP contribution in [0.2, 0.25) is 0 Å². The fraction of sp³-hybridized carbons (Fsp3) is 0.355. The predicted octanol–water partition coefficient (Wildman–Crippen LogP) is 4.45. The van der Waals surface area contributed by atoms with Crippen LogP contribution < -0.4 is 24.6 Å². The molecule has 0 spiro atoms. The molecule has 0 aromatic heterocycles. The lowest BCUT2D eigenvalue weighted by atomic mass is 10.1. The standard InChI is InChI=1S/C31H36N4O4/c1-38-25-12-9-23(10-13-25)21-30(36)32-24-11-14-27(26(22-24)31(37)35-15-5-6-16-35)33-17-19-34(20-18-33)28-7-3-4-8-29(28)39-2/h3-4,7-14,22H,5-6,15-21H2,1-2H3,(H,32,36). The van der Waals surface area contributed by atoms with E-state index in [0.717, 1.165) is 80.5 Å². The monoisotopic (exact) mass is 528 g/mol. The summed E-state index contributed by atoms with van der Waals surface area (Å²) in [5.41, 5.74) is 4.17. The Hall–Kier alpha value is -4.20. The number of methoxy groups -OCH3 is 2. The lowest BCUT2D eigenvalue weighted by molar-refractivity contribution is -0.115. The molecule has 1 N–H and O–H groups in total. The van der Waals surface area contributed by atoms with E-state index in [0.29, 0.717) is 11.3 Å². The van der Waals surface area contributed by atoms with E-state index in [1.165, 1.54) is 0 Å². The van der Waals surface area contributed by atoms with Gasteiger partial charge in [0.05, 0.1) is 31.9 Å². The number of carbonyl (C=O) groups excluding carboxylic acids is 2. The fourth-order valence-electron chi connectivity index (χ4n) is 5.36. The second kappa shape index (κ2) is 12.1. The number of para-hydroxylation sites is 2. The summed E-state index contributed by atoms with van der Waals surface area (Å²) in [5, 5.41) is 2.99. The molecule has 2 fully saturated rings. The molecule has 0 unspecified atom stereocenters. The Morgan fingerprint density at radius 1 is 0.769 bits per heavy atom. The van der Waals surface area contributed by atoms with Crippen LogP contribution in [-0.4, -0.2) is 70.2 Å². The molecule has 2 aliphatic heterocycles. The Kier molecular flexibility index (Phi) is 8.20. The number of nitrogens with one attached hydrogen (secondary N) is 1. The molecule has 204 valence electrons. The number of benzene rings is 3. The smallest absolute Gasteiger partial charge is 0.256 e. The van der Waals surface area contributed by atoms with Gasteiger partial charge in [-0.05, 0) is 60.9 Å². The van der Waals surface area contributed by atoms with Crippen molar-refractivity contribution in [2.24, 2.45) is 0 Å². The minimum absolute atomic E-state index is 0.0286. The van der Waals surface area contributed by atoms with E-state index >= 15 is 0 Å². The molecule has 8 heteroatoms. The second-order valence-electron chi connectivity index (χ2n) is 9.95. The molecule has 5 rings (SSSR count). The van der Waals surface area contributed by atoms with E-state index in [4.69, 9.17) is 9.47 Å². The Bertz CT molecular complexity index is 1300. The van der Waals surface area contributed by atoms with Gasteiger partial charge in [-0.15, -0.1) is 0 Å². The third-order valence-electron chi connectivity index (χ3n) is 7.47. The van der Waals surface area contributed by atoms with Gasteiger partial charge in [0.2, 0.25) is 5.91 Å². The number of hydrogen-bond donors (Lipinski definition) is 1. The number of piperazine rings is 1. The van der Waals surface area contributed by atoms with Crippen molar-refractivity contribution in [2.45, 2.75) is 19.3 Å². The first-order valence-electron chi connectivity index (χ1n) is 13.5. The van der Waals surface area contributed by atoms with Gasteiger partial charge in [0.1, 0.15) is 11.5 Å². The highest BCUT2D eigenvalue weighted by molar-refractivity contribution is 6.02. The Labute approximate surface area is 230 Å². The third-order valence-corrected chi connectivity index (χ3v) is 7.47. The average molecular weight is 529 g/mol. The molecule has 39 heavy (non-hydrogen) atoms.